The van der Waals surface area contributed by atoms with Gasteiger partial charge >= 0.3 is 0 Å². The molecule has 0 unspecified atom stereocenters. The minimum atomic E-state index is -2.59. The molecule has 3 rings (SSSR count). The summed E-state index contributed by atoms with van der Waals surface area (Å²) < 4.78 is 31.2. The van der Waals surface area contributed by atoms with Gasteiger partial charge in [0, 0.05) is 5.39 Å². The molecule has 0 saturated carbocycles. The molecule has 21 heavy (non-hydrogen) atoms. The third kappa shape index (κ3) is 2.57. The molecule has 106 valence electrons. The van der Waals surface area contributed by atoms with Crippen molar-refractivity contribution >= 4 is 10.9 Å². The number of methoxy groups -OCH3 is 1. The maximum Gasteiger partial charge on any atom is 0.280 e. The third-order valence-corrected chi connectivity index (χ3v) is 3.36. The van der Waals surface area contributed by atoms with Crippen molar-refractivity contribution in [3.63, 3.8) is 0 Å². The summed E-state index contributed by atoms with van der Waals surface area (Å²) in [5.74, 6) is 0.728. The van der Waals surface area contributed by atoms with Gasteiger partial charge in [-0.3, -0.25) is 0 Å². The smallest absolute Gasteiger partial charge is 0.280 e. The molecule has 2 nitrogen and oxygen atoms in total. The largest absolute Gasteiger partial charge is 0.497 e. The van der Waals surface area contributed by atoms with E-state index in [1.165, 1.54) is 6.07 Å². The number of hydrogen-bond acceptors (Lipinski definition) is 2. The zero-order chi connectivity index (χ0) is 14.8. The summed E-state index contributed by atoms with van der Waals surface area (Å²) in [5, 5.41) is 0.854. The number of pyridine rings is 1. The maximum absolute atomic E-state index is 13.0. The van der Waals surface area contributed by atoms with Crippen LogP contribution in [0.4, 0.5) is 8.78 Å². The molecule has 4 heteroatoms. The van der Waals surface area contributed by atoms with E-state index >= 15 is 0 Å². The highest BCUT2D eigenvalue weighted by molar-refractivity contribution is 5.94. The number of halogens is 2. The Morgan fingerprint density at radius 2 is 1.71 bits per heavy atom. The van der Waals surface area contributed by atoms with Gasteiger partial charge in [0.25, 0.3) is 6.43 Å². The van der Waals surface area contributed by atoms with Crippen LogP contribution in [0.1, 0.15) is 12.1 Å². The Labute approximate surface area is 121 Å². The SMILES string of the molecule is COc1ccc(-c2cc(C(F)F)nc3ccccc23)cc1. The van der Waals surface area contributed by atoms with Crippen LogP contribution in [0.5, 0.6) is 5.75 Å². The Morgan fingerprint density at radius 1 is 1.00 bits per heavy atom. The van der Waals surface area contributed by atoms with Gasteiger partial charge in [0.05, 0.1) is 12.6 Å². The van der Waals surface area contributed by atoms with E-state index in [0.29, 0.717) is 5.52 Å². The summed E-state index contributed by atoms with van der Waals surface area (Å²) in [6, 6.07) is 16.1. The van der Waals surface area contributed by atoms with Crippen LogP contribution < -0.4 is 4.74 Å². The molecular weight excluding hydrogens is 272 g/mol. The number of benzene rings is 2. The predicted molar refractivity (Wildman–Crippen MR) is 78.7 cm³/mol. The van der Waals surface area contributed by atoms with Crippen molar-refractivity contribution in [2.75, 3.05) is 7.11 Å². The summed E-state index contributed by atoms with van der Waals surface area (Å²) in [5.41, 5.74) is 1.97. The first-order valence-electron chi connectivity index (χ1n) is 6.51. The first-order valence-corrected chi connectivity index (χ1v) is 6.51. The highest BCUT2D eigenvalue weighted by atomic mass is 19.3. The lowest BCUT2D eigenvalue weighted by Crippen LogP contribution is -1.93. The van der Waals surface area contributed by atoms with E-state index in [4.69, 9.17) is 4.74 Å². The highest BCUT2D eigenvalue weighted by Gasteiger charge is 2.14. The summed E-state index contributed by atoms with van der Waals surface area (Å²) in [6.07, 6.45) is -2.59. The number of ether oxygens (including phenoxy) is 1. The predicted octanol–water partition coefficient (Wildman–Crippen LogP) is 4.85. The van der Waals surface area contributed by atoms with E-state index in [1.54, 1.807) is 19.2 Å². The van der Waals surface area contributed by atoms with Gasteiger partial charge < -0.3 is 4.74 Å². The lowest BCUT2D eigenvalue weighted by atomic mass is 10.00. The minimum Gasteiger partial charge on any atom is -0.497 e. The zero-order valence-electron chi connectivity index (χ0n) is 11.4. The van der Waals surface area contributed by atoms with E-state index in [1.807, 2.05) is 36.4 Å². The average Bonchev–Trinajstić information content (AvgIpc) is 2.54. The van der Waals surface area contributed by atoms with Gasteiger partial charge in [-0.2, -0.15) is 0 Å². The monoisotopic (exact) mass is 285 g/mol. The van der Waals surface area contributed by atoms with Gasteiger partial charge in [0.1, 0.15) is 11.4 Å². The van der Waals surface area contributed by atoms with Crippen molar-refractivity contribution in [1.29, 1.82) is 0 Å². The normalized spacial score (nSPS) is 11.0. The molecule has 0 fully saturated rings. The Bertz CT molecular complexity index is 769. The van der Waals surface area contributed by atoms with Crippen molar-refractivity contribution in [2.24, 2.45) is 0 Å². The van der Waals surface area contributed by atoms with Crippen molar-refractivity contribution in [3.8, 4) is 16.9 Å². The van der Waals surface area contributed by atoms with Gasteiger partial charge in [-0.05, 0) is 35.4 Å². The summed E-state index contributed by atoms with van der Waals surface area (Å²) in [4.78, 5) is 4.02. The minimum absolute atomic E-state index is 0.209. The number of rotatable bonds is 3. The molecule has 2 aromatic carbocycles. The van der Waals surface area contributed by atoms with Crippen LogP contribution in [-0.4, -0.2) is 12.1 Å². The fourth-order valence-corrected chi connectivity index (χ4v) is 2.32. The standard InChI is InChI=1S/C17H13F2NO/c1-21-12-8-6-11(7-9-12)14-10-16(17(18)19)20-15-5-3-2-4-13(14)15/h2-10,17H,1H3. The maximum atomic E-state index is 13.0. The topological polar surface area (TPSA) is 22.1 Å². The molecule has 0 saturated heterocycles. The molecule has 0 N–H and O–H groups in total. The molecule has 0 amide bonds. The van der Waals surface area contributed by atoms with Crippen molar-refractivity contribution in [2.45, 2.75) is 6.43 Å². The van der Waals surface area contributed by atoms with E-state index < -0.39 is 6.43 Å². The summed E-state index contributed by atoms with van der Waals surface area (Å²) in [7, 11) is 1.59. The molecule has 0 radical (unpaired) electrons. The molecule has 0 spiro atoms. The second kappa shape index (κ2) is 5.48. The molecule has 3 aromatic rings. The number of para-hydroxylation sites is 1. The van der Waals surface area contributed by atoms with Gasteiger partial charge in [-0.15, -0.1) is 0 Å². The number of nitrogens with zero attached hydrogens (tertiary/aromatic N) is 1. The molecule has 0 aliphatic rings. The quantitative estimate of drug-likeness (QED) is 0.686. The lowest BCUT2D eigenvalue weighted by molar-refractivity contribution is 0.146. The number of alkyl halides is 2. The van der Waals surface area contributed by atoms with Crippen LogP contribution in [0.3, 0.4) is 0 Å². The van der Waals surface area contributed by atoms with Gasteiger partial charge in [0.15, 0.2) is 0 Å². The van der Waals surface area contributed by atoms with Crippen molar-refractivity contribution in [1.82, 2.24) is 4.98 Å². The molecular formula is C17H13F2NO. The second-order valence-electron chi connectivity index (χ2n) is 4.64. The molecule has 1 aromatic heterocycles. The fourth-order valence-electron chi connectivity index (χ4n) is 2.32. The van der Waals surface area contributed by atoms with Gasteiger partial charge in [-0.25, -0.2) is 13.8 Å². The molecule has 0 aliphatic carbocycles. The van der Waals surface area contributed by atoms with Crippen LogP contribution in [0.15, 0.2) is 54.6 Å². The van der Waals surface area contributed by atoms with E-state index in [-0.39, 0.29) is 5.69 Å². The molecule has 0 aliphatic heterocycles. The second-order valence-corrected chi connectivity index (χ2v) is 4.64. The summed E-state index contributed by atoms with van der Waals surface area (Å²) >= 11 is 0. The van der Waals surface area contributed by atoms with Crippen LogP contribution in [-0.2, 0) is 0 Å². The lowest BCUT2D eigenvalue weighted by Gasteiger charge is -2.10. The van der Waals surface area contributed by atoms with Gasteiger partial charge in [-0.1, -0.05) is 30.3 Å². The number of aromatic nitrogens is 1. The Balaban J connectivity index is 2.23. The van der Waals surface area contributed by atoms with E-state index in [2.05, 4.69) is 4.98 Å². The average molecular weight is 285 g/mol. The molecule has 0 bridgehead atoms. The first-order chi connectivity index (χ1) is 10.2. The van der Waals surface area contributed by atoms with Crippen LogP contribution in [0.25, 0.3) is 22.0 Å². The highest BCUT2D eigenvalue weighted by Crippen LogP contribution is 2.32. The van der Waals surface area contributed by atoms with Crippen molar-refractivity contribution < 1.29 is 13.5 Å². The number of fused-ring (bicyclic) bond motifs is 1. The fraction of sp³-hybridized carbons (Fsp3) is 0.118. The van der Waals surface area contributed by atoms with E-state index in [0.717, 1.165) is 22.3 Å². The number of hydrogen-bond donors (Lipinski definition) is 0. The van der Waals surface area contributed by atoms with Gasteiger partial charge in [0.2, 0.25) is 0 Å². The zero-order valence-corrected chi connectivity index (χ0v) is 11.4. The van der Waals surface area contributed by atoms with Crippen LogP contribution >= 0.6 is 0 Å². The molecule has 0 atom stereocenters. The van der Waals surface area contributed by atoms with Crippen LogP contribution in [0, 0.1) is 0 Å². The third-order valence-electron chi connectivity index (χ3n) is 3.36. The first kappa shape index (κ1) is 13.5. The summed E-state index contributed by atoms with van der Waals surface area (Å²) in [6.45, 7) is 0. The van der Waals surface area contributed by atoms with Crippen molar-refractivity contribution in [3.05, 3.63) is 60.3 Å². The van der Waals surface area contributed by atoms with Crippen LogP contribution in [0.2, 0.25) is 0 Å². The Kier molecular flexibility index (Phi) is 3.52. The van der Waals surface area contributed by atoms with E-state index in [9.17, 15) is 8.78 Å². The Morgan fingerprint density at radius 3 is 2.38 bits per heavy atom. The molecule has 1 heterocycles. The Hall–Kier alpha value is -2.49.